The Balaban J connectivity index is 2.97. The first-order valence-corrected chi connectivity index (χ1v) is 6.70. The SMILES string of the molecule is CCC(O)CNC(=O)c1cc(OC)cc(Br)c1OC. The van der Waals surface area contributed by atoms with E-state index in [2.05, 4.69) is 21.2 Å². The number of halogens is 1. The molecule has 0 aliphatic carbocycles. The second-order valence-electron chi connectivity index (χ2n) is 3.96. The Bertz CT molecular complexity index is 451. The zero-order chi connectivity index (χ0) is 14.4. The summed E-state index contributed by atoms with van der Waals surface area (Å²) in [6.07, 6.45) is 0.0307. The first-order valence-electron chi connectivity index (χ1n) is 5.91. The molecular weight excluding hydrogens is 314 g/mol. The summed E-state index contributed by atoms with van der Waals surface area (Å²) in [6.45, 7) is 2.05. The number of amides is 1. The monoisotopic (exact) mass is 331 g/mol. The van der Waals surface area contributed by atoms with E-state index in [0.717, 1.165) is 0 Å². The number of carbonyl (C=O) groups is 1. The molecule has 6 heteroatoms. The summed E-state index contributed by atoms with van der Waals surface area (Å²) in [5.41, 5.74) is 0.358. The van der Waals surface area contributed by atoms with Crippen LogP contribution < -0.4 is 14.8 Å². The topological polar surface area (TPSA) is 67.8 Å². The molecule has 0 aliphatic rings. The third-order valence-corrected chi connectivity index (χ3v) is 3.26. The van der Waals surface area contributed by atoms with Crippen LogP contribution in [0.4, 0.5) is 0 Å². The van der Waals surface area contributed by atoms with Gasteiger partial charge >= 0.3 is 0 Å². The maximum absolute atomic E-state index is 12.1. The summed E-state index contributed by atoms with van der Waals surface area (Å²) in [5, 5.41) is 12.1. The lowest BCUT2D eigenvalue weighted by atomic mass is 10.1. The van der Waals surface area contributed by atoms with Crippen molar-refractivity contribution in [1.29, 1.82) is 0 Å². The fourth-order valence-corrected chi connectivity index (χ4v) is 2.11. The molecule has 0 fully saturated rings. The van der Waals surface area contributed by atoms with Gasteiger partial charge in [0.2, 0.25) is 0 Å². The number of aliphatic hydroxyl groups is 1. The van der Waals surface area contributed by atoms with Crippen molar-refractivity contribution in [3.63, 3.8) is 0 Å². The number of methoxy groups -OCH3 is 2. The van der Waals surface area contributed by atoms with Gasteiger partial charge in [0, 0.05) is 6.54 Å². The lowest BCUT2D eigenvalue weighted by molar-refractivity contribution is 0.0910. The highest BCUT2D eigenvalue weighted by Crippen LogP contribution is 2.33. The fourth-order valence-electron chi connectivity index (χ4n) is 1.51. The van der Waals surface area contributed by atoms with Crippen molar-refractivity contribution in [3.05, 3.63) is 22.2 Å². The molecule has 1 amide bonds. The molecule has 0 radical (unpaired) electrons. The minimum atomic E-state index is -0.552. The van der Waals surface area contributed by atoms with Gasteiger partial charge in [-0.2, -0.15) is 0 Å². The summed E-state index contributed by atoms with van der Waals surface area (Å²) in [5.74, 6) is 0.669. The van der Waals surface area contributed by atoms with Gasteiger partial charge in [0.25, 0.3) is 5.91 Å². The van der Waals surface area contributed by atoms with Gasteiger partial charge in [0.15, 0.2) is 0 Å². The van der Waals surface area contributed by atoms with Crippen LogP contribution in [0.2, 0.25) is 0 Å². The molecular formula is C13H18BrNO4. The molecule has 0 saturated heterocycles. The standard InChI is InChI=1S/C13H18BrNO4/c1-4-8(16)7-15-13(17)10-5-9(18-2)6-11(14)12(10)19-3/h5-6,8,16H,4,7H2,1-3H3,(H,15,17). The molecule has 1 atom stereocenters. The molecule has 19 heavy (non-hydrogen) atoms. The van der Waals surface area contributed by atoms with Crippen LogP contribution in [-0.4, -0.2) is 37.9 Å². The summed E-state index contributed by atoms with van der Waals surface area (Å²) >= 11 is 3.33. The van der Waals surface area contributed by atoms with Crippen LogP contribution in [0.3, 0.4) is 0 Å². The molecule has 1 aromatic carbocycles. The van der Waals surface area contributed by atoms with E-state index < -0.39 is 6.10 Å². The van der Waals surface area contributed by atoms with Crippen molar-refractivity contribution in [2.75, 3.05) is 20.8 Å². The van der Waals surface area contributed by atoms with E-state index in [9.17, 15) is 9.90 Å². The van der Waals surface area contributed by atoms with Gasteiger partial charge in [0.1, 0.15) is 11.5 Å². The minimum Gasteiger partial charge on any atom is -0.497 e. The number of aliphatic hydroxyl groups excluding tert-OH is 1. The number of hydrogen-bond donors (Lipinski definition) is 2. The normalized spacial score (nSPS) is 11.8. The van der Waals surface area contributed by atoms with Crippen LogP contribution in [0, 0.1) is 0 Å². The highest BCUT2D eigenvalue weighted by Gasteiger charge is 2.17. The molecule has 0 spiro atoms. The second kappa shape index (κ2) is 7.35. The van der Waals surface area contributed by atoms with Crippen LogP contribution in [0.15, 0.2) is 16.6 Å². The molecule has 5 nitrogen and oxygen atoms in total. The zero-order valence-electron chi connectivity index (χ0n) is 11.2. The van der Waals surface area contributed by atoms with Gasteiger partial charge in [-0.25, -0.2) is 0 Å². The Morgan fingerprint density at radius 1 is 1.42 bits per heavy atom. The van der Waals surface area contributed by atoms with Crippen molar-refractivity contribution in [2.24, 2.45) is 0 Å². The molecule has 1 rings (SSSR count). The van der Waals surface area contributed by atoms with Crippen molar-refractivity contribution >= 4 is 21.8 Å². The van der Waals surface area contributed by atoms with Crippen molar-refractivity contribution in [3.8, 4) is 11.5 Å². The Labute approximate surface area is 121 Å². The van der Waals surface area contributed by atoms with E-state index in [1.165, 1.54) is 14.2 Å². The van der Waals surface area contributed by atoms with Crippen LogP contribution in [-0.2, 0) is 0 Å². The zero-order valence-corrected chi connectivity index (χ0v) is 12.8. The fraction of sp³-hybridized carbons (Fsp3) is 0.462. The smallest absolute Gasteiger partial charge is 0.255 e. The average Bonchev–Trinajstić information content (AvgIpc) is 2.43. The number of hydrogen-bond acceptors (Lipinski definition) is 4. The first-order chi connectivity index (χ1) is 9.03. The van der Waals surface area contributed by atoms with Crippen molar-refractivity contribution in [2.45, 2.75) is 19.4 Å². The maximum Gasteiger partial charge on any atom is 0.255 e. The Hall–Kier alpha value is -1.27. The predicted molar refractivity (Wildman–Crippen MR) is 75.9 cm³/mol. The number of nitrogens with one attached hydrogen (secondary N) is 1. The second-order valence-corrected chi connectivity index (χ2v) is 4.82. The highest BCUT2D eigenvalue weighted by atomic mass is 79.9. The Morgan fingerprint density at radius 3 is 2.63 bits per heavy atom. The summed E-state index contributed by atoms with van der Waals surface area (Å²) in [6, 6.07) is 3.31. The van der Waals surface area contributed by atoms with Gasteiger partial charge in [0.05, 0.1) is 30.4 Å². The third kappa shape index (κ3) is 4.11. The quantitative estimate of drug-likeness (QED) is 0.836. The van der Waals surface area contributed by atoms with Crippen LogP contribution in [0.5, 0.6) is 11.5 Å². The maximum atomic E-state index is 12.1. The van der Waals surface area contributed by atoms with Gasteiger partial charge in [-0.1, -0.05) is 6.92 Å². The van der Waals surface area contributed by atoms with Gasteiger partial charge in [-0.15, -0.1) is 0 Å². The molecule has 0 heterocycles. The van der Waals surface area contributed by atoms with Crippen LogP contribution >= 0.6 is 15.9 Å². The van der Waals surface area contributed by atoms with Gasteiger partial charge in [-0.3, -0.25) is 4.79 Å². The van der Waals surface area contributed by atoms with Crippen LogP contribution in [0.25, 0.3) is 0 Å². The largest absolute Gasteiger partial charge is 0.497 e. The Morgan fingerprint density at radius 2 is 2.11 bits per heavy atom. The molecule has 1 aromatic rings. The third-order valence-electron chi connectivity index (χ3n) is 2.67. The summed E-state index contributed by atoms with van der Waals surface area (Å²) < 4.78 is 11.0. The molecule has 1 unspecified atom stereocenters. The van der Waals surface area contributed by atoms with Crippen molar-refractivity contribution in [1.82, 2.24) is 5.32 Å². The van der Waals surface area contributed by atoms with E-state index in [1.54, 1.807) is 12.1 Å². The Kier molecular flexibility index (Phi) is 6.11. The van der Waals surface area contributed by atoms with Gasteiger partial charge < -0.3 is 19.9 Å². The number of benzene rings is 1. The lowest BCUT2D eigenvalue weighted by Crippen LogP contribution is -2.32. The molecule has 0 saturated carbocycles. The number of ether oxygens (including phenoxy) is 2. The highest BCUT2D eigenvalue weighted by molar-refractivity contribution is 9.10. The molecule has 2 N–H and O–H groups in total. The minimum absolute atomic E-state index is 0.202. The number of rotatable bonds is 6. The van der Waals surface area contributed by atoms with E-state index in [0.29, 0.717) is 28.0 Å². The van der Waals surface area contributed by atoms with E-state index >= 15 is 0 Å². The van der Waals surface area contributed by atoms with E-state index in [-0.39, 0.29) is 12.5 Å². The molecule has 0 aliphatic heterocycles. The summed E-state index contributed by atoms with van der Waals surface area (Å²) in [7, 11) is 3.01. The van der Waals surface area contributed by atoms with Crippen molar-refractivity contribution < 1.29 is 19.4 Å². The lowest BCUT2D eigenvalue weighted by Gasteiger charge is -2.14. The van der Waals surface area contributed by atoms with Crippen LogP contribution in [0.1, 0.15) is 23.7 Å². The van der Waals surface area contributed by atoms with Gasteiger partial charge in [-0.05, 0) is 34.5 Å². The predicted octanol–water partition coefficient (Wildman–Crippen LogP) is 1.97. The van der Waals surface area contributed by atoms with E-state index in [1.807, 2.05) is 6.92 Å². The molecule has 106 valence electrons. The number of carbonyl (C=O) groups excluding carboxylic acids is 1. The average molecular weight is 332 g/mol. The first kappa shape index (κ1) is 15.8. The summed E-state index contributed by atoms with van der Waals surface area (Å²) in [4.78, 5) is 12.1. The van der Waals surface area contributed by atoms with E-state index in [4.69, 9.17) is 9.47 Å². The molecule has 0 bridgehead atoms. The molecule has 0 aromatic heterocycles.